The van der Waals surface area contributed by atoms with E-state index in [-0.39, 0.29) is 5.56 Å². The van der Waals surface area contributed by atoms with E-state index in [9.17, 15) is 4.79 Å². The van der Waals surface area contributed by atoms with Crippen LogP contribution in [-0.2, 0) is 0 Å². The molecule has 3 nitrogen and oxygen atoms in total. The topological polar surface area (TPSA) is 25.2 Å². The summed E-state index contributed by atoms with van der Waals surface area (Å²) in [6.45, 7) is 1.98. The largest absolute Gasteiger partial charge is 0.378 e. The number of rotatable bonds is 2. The molecule has 0 bridgehead atoms. The van der Waals surface area contributed by atoms with Crippen LogP contribution < -0.4 is 10.5 Å². The summed E-state index contributed by atoms with van der Waals surface area (Å²) < 4.78 is 1.66. The Kier molecular flexibility index (Phi) is 3.00. The third kappa shape index (κ3) is 2.38. The number of benzene rings is 1. The second-order valence-electron chi connectivity index (χ2n) is 4.33. The van der Waals surface area contributed by atoms with Crippen molar-refractivity contribution < 1.29 is 0 Å². The third-order valence-electron chi connectivity index (χ3n) is 2.70. The molecule has 0 N–H and O–H groups in total. The predicted octanol–water partition coefficient (Wildman–Crippen LogP) is 2.21. The van der Waals surface area contributed by atoms with E-state index in [1.807, 2.05) is 62.4 Å². The molecule has 88 valence electrons. The maximum absolute atomic E-state index is 11.7. The highest BCUT2D eigenvalue weighted by molar-refractivity contribution is 5.49. The minimum absolute atomic E-state index is 0.00629. The quantitative estimate of drug-likeness (QED) is 0.787. The van der Waals surface area contributed by atoms with Crippen LogP contribution in [0.4, 0.5) is 5.69 Å². The molecule has 0 aliphatic rings. The summed E-state index contributed by atoms with van der Waals surface area (Å²) in [6, 6.07) is 11.3. The van der Waals surface area contributed by atoms with E-state index in [0.717, 1.165) is 16.9 Å². The summed E-state index contributed by atoms with van der Waals surface area (Å²) in [4.78, 5) is 13.8. The van der Waals surface area contributed by atoms with Crippen molar-refractivity contribution in [1.29, 1.82) is 0 Å². The van der Waals surface area contributed by atoms with Crippen LogP contribution in [0.3, 0.4) is 0 Å². The molecular weight excluding hydrogens is 212 g/mol. The SMILES string of the molecule is Cc1ccc(=O)n(-c2ccc(N(C)C)cc2)c1. The molecule has 0 saturated carbocycles. The van der Waals surface area contributed by atoms with Gasteiger partial charge in [0.05, 0.1) is 0 Å². The highest BCUT2D eigenvalue weighted by Gasteiger charge is 2.00. The summed E-state index contributed by atoms with van der Waals surface area (Å²) in [5.41, 5.74) is 3.08. The van der Waals surface area contributed by atoms with Crippen LogP contribution in [0.1, 0.15) is 5.56 Å². The first kappa shape index (κ1) is 11.5. The fraction of sp³-hybridized carbons (Fsp3) is 0.214. The van der Waals surface area contributed by atoms with Gasteiger partial charge in [-0.1, -0.05) is 6.07 Å². The highest BCUT2D eigenvalue weighted by atomic mass is 16.1. The summed E-state index contributed by atoms with van der Waals surface area (Å²) >= 11 is 0. The minimum Gasteiger partial charge on any atom is -0.378 e. The van der Waals surface area contributed by atoms with E-state index >= 15 is 0 Å². The standard InChI is InChI=1S/C14H16N2O/c1-11-4-9-14(17)16(10-11)13-7-5-12(6-8-13)15(2)3/h4-10H,1-3H3. The molecule has 2 rings (SSSR count). The second-order valence-corrected chi connectivity index (χ2v) is 4.33. The molecule has 0 saturated heterocycles. The van der Waals surface area contributed by atoms with Gasteiger partial charge in [-0.15, -0.1) is 0 Å². The number of anilines is 1. The van der Waals surface area contributed by atoms with E-state index in [4.69, 9.17) is 0 Å². The van der Waals surface area contributed by atoms with Gasteiger partial charge in [0.2, 0.25) is 0 Å². The lowest BCUT2D eigenvalue weighted by molar-refractivity contribution is 0.975. The van der Waals surface area contributed by atoms with Gasteiger partial charge in [0.15, 0.2) is 0 Å². The van der Waals surface area contributed by atoms with Crippen molar-refractivity contribution in [3.8, 4) is 5.69 Å². The Labute approximate surface area is 101 Å². The number of pyridine rings is 1. The first-order valence-electron chi connectivity index (χ1n) is 5.55. The van der Waals surface area contributed by atoms with Gasteiger partial charge in [-0.3, -0.25) is 9.36 Å². The van der Waals surface area contributed by atoms with Crippen LogP contribution in [0, 0.1) is 6.92 Å². The summed E-state index contributed by atoms with van der Waals surface area (Å²) in [5, 5.41) is 0. The van der Waals surface area contributed by atoms with Crippen molar-refractivity contribution in [1.82, 2.24) is 4.57 Å². The van der Waals surface area contributed by atoms with Crippen LogP contribution in [0.15, 0.2) is 47.4 Å². The van der Waals surface area contributed by atoms with Gasteiger partial charge < -0.3 is 4.90 Å². The molecule has 0 spiro atoms. The Balaban J connectivity index is 2.46. The Morgan fingerprint density at radius 1 is 1.00 bits per heavy atom. The van der Waals surface area contributed by atoms with Gasteiger partial charge in [0.25, 0.3) is 5.56 Å². The molecular formula is C14H16N2O. The maximum atomic E-state index is 11.7. The van der Waals surface area contributed by atoms with Crippen molar-refractivity contribution in [3.63, 3.8) is 0 Å². The molecule has 1 aromatic heterocycles. The Morgan fingerprint density at radius 3 is 2.24 bits per heavy atom. The molecule has 1 aromatic carbocycles. The fourth-order valence-electron chi connectivity index (χ4n) is 1.71. The van der Waals surface area contributed by atoms with E-state index in [1.165, 1.54) is 0 Å². The molecule has 17 heavy (non-hydrogen) atoms. The van der Waals surface area contributed by atoms with Crippen LogP contribution in [0.2, 0.25) is 0 Å². The van der Waals surface area contributed by atoms with E-state index in [0.29, 0.717) is 0 Å². The average Bonchev–Trinajstić information content (AvgIpc) is 2.32. The first-order chi connectivity index (χ1) is 8.08. The lowest BCUT2D eigenvalue weighted by atomic mass is 10.2. The number of hydrogen-bond donors (Lipinski definition) is 0. The Bertz CT molecular complexity index is 568. The van der Waals surface area contributed by atoms with Crippen molar-refractivity contribution in [3.05, 3.63) is 58.5 Å². The number of hydrogen-bond acceptors (Lipinski definition) is 2. The monoisotopic (exact) mass is 228 g/mol. The van der Waals surface area contributed by atoms with Crippen LogP contribution in [0.25, 0.3) is 5.69 Å². The Morgan fingerprint density at radius 2 is 1.65 bits per heavy atom. The molecule has 0 unspecified atom stereocenters. The molecule has 0 aliphatic heterocycles. The number of aromatic nitrogens is 1. The van der Waals surface area contributed by atoms with Gasteiger partial charge in [0.1, 0.15) is 0 Å². The van der Waals surface area contributed by atoms with Gasteiger partial charge in [-0.05, 0) is 36.8 Å². The van der Waals surface area contributed by atoms with Crippen molar-refractivity contribution in [2.24, 2.45) is 0 Å². The van der Waals surface area contributed by atoms with Crippen molar-refractivity contribution in [2.45, 2.75) is 6.92 Å². The lowest BCUT2D eigenvalue weighted by Crippen LogP contribution is -2.16. The lowest BCUT2D eigenvalue weighted by Gasteiger charge is -2.13. The van der Waals surface area contributed by atoms with Crippen LogP contribution in [0.5, 0.6) is 0 Å². The smallest absolute Gasteiger partial charge is 0.255 e. The molecule has 3 heteroatoms. The summed E-state index contributed by atoms with van der Waals surface area (Å²) in [6.07, 6.45) is 1.85. The average molecular weight is 228 g/mol. The zero-order chi connectivity index (χ0) is 12.4. The van der Waals surface area contributed by atoms with Gasteiger partial charge in [0, 0.05) is 37.7 Å². The second kappa shape index (κ2) is 4.45. The fourth-order valence-corrected chi connectivity index (χ4v) is 1.71. The third-order valence-corrected chi connectivity index (χ3v) is 2.70. The molecule has 0 fully saturated rings. The molecule has 0 radical (unpaired) electrons. The summed E-state index contributed by atoms with van der Waals surface area (Å²) in [5.74, 6) is 0. The van der Waals surface area contributed by atoms with E-state index in [2.05, 4.69) is 0 Å². The molecule has 0 amide bonds. The van der Waals surface area contributed by atoms with Crippen LogP contribution in [-0.4, -0.2) is 18.7 Å². The normalized spacial score (nSPS) is 10.3. The number of nitrogens with zero attached hydrogens (tertiary/aromatic N) is 2. The zero-order valence-electron chi connectivity index (χ0n) is 10.3. The maximum Gasteiger partial charge on any atom is 0.255 e. The van der Waals surface area contributed by atoms with Crippen molar-refractivity contribution in [2.75, 3.05) is 19.0 Å². The van der Waals surface area contributed by atoms with Gasteiger partial charge in [-0.2, -0.15) is 0 Å². The molecule has 0 atom stereocenters. The van der Waals surface area contributed by atoms with Crippen LogP contribution >= 0.6 is 0 Å². The van der Waals surface area contributed by atoms with E-state index < -0.39 is 0 Å². The number of aryl methyl sites for hydroxylation is 1. The first-order valence-corrected chi connectivity index (χ1v) is 5.55. The predicted molar refractivity (Wildman–Crippen MR) is 71.1 cm³/mol. The molecule has 0 aliphatic carbocycles. The molecule has 1 heterocycles. The van der Waals surface area contributed by atoms with Crippen molar-refractivity contribution >= 4 is 5.69 Å². The summed E-state index contributed by atoms with van der Waals surface area (Å²) in [7, 11) is 3.99. The molecule has 2 aromatic rings. The Hall–Kier alpha value is -2.03. The van der Waals surface area contributed by atoms with E-state index in [1.54, 1.807) is 10.6 Å². The highest BCUT2D eigenvalue weighted by Crippen LogP contribution is 2.14. The van der Waals surface area contributed by atoms with Gasteiger partial charge >= 0.3 is 0 Å². The minimum atomic E-state index is -0.00629. The zero-order valence-corrected chi connectivity index (χ0v) is 10.3. The van der Waals surface area contributed by atoms with Gasteiger partial charge in [-0.25, -0.2) is 0 Å².